The van der Waals surface area contributed by atoms with Crippen molar-refractivity contribution in [1.82, 2.24) is 0 Å². The highest BCUT2D eigenvalue weighted by Gasteiger charge is 2.10. The van der Waals surface area contributed by atoms with Crippen LogP contribution in [0.15, 0.2) is 0 Å². The molecule has 0 aliphatic carbocycles. The van der Waals surface area contributed by atoms with E-state index in [9.17, 15) is 4.79 Å². The number of nitrogens with zero attached hydrogens (tertiary/aromatic N) is 1. The van der Waals surface area contributed by atoms with Crippen molar-refractivity contribution in [2.45, 2.75) is 20.0 Å². The first-order valence-corrected chi connectivity index (χ1v) is 4.45. The lowest BCUT2D eigenvalue weighted by Gasteiger charge is -2.23. The van der Waals surface area contributed by atoms with Crippen molar-refractivity contribution in [3.05, 3.63) is 0 Å². The van der Waals surface area contributed by atoms with Crippen molar-refractivity contribution in [3.63, 3.8) is 0 Å². The lowest BCUT2D eigenvalue weighted by molar-refractivity contribution is -0.870. The number of carbonyl (C=O) groups excluding carboxylic acids is 1. The number of hydrogen-bond donors (Lipinski definition) is 0. The maximum atomic E-state index is 10.9. The van der Waals surface area contributed by atoms with Crippen LogP contribution in [0.5, 0.6) is 0 Å². The van der Waals surface area contributed by atoms with E-state index in [0.29, 0.717) is 6.61 Å². The lowest BCUT2D eigenvalue weighted by atomic mass is 10.5. The summed E-state index contributed by atoms with van der Waals surface area (Å²) in [5, 5.41) is 0. The Labute approximate surface area is 80.0 Å². The number of carbonyl (C=O) groups is 1. The predicted octanol–water partition coefficient (Wildman–Crippen LogP) is 1.25. The van der Waals surface area contributed by atoms with Gasteiger partial charge in [-0.05, 0) is 13.8 Å². The molecule has 0 rings (SSSR count). The Morgan fingerprint density at radius 1 is 1.31 bits per heavy atom. The fraction of sp³-hybridized carbons (Fsp3) is 0.889. The maximum Gasteiger partial charge on any atom is 0.508 e. The molecular formula is C9H20NO3+. The zero-order valence-electron chi connectivity index (χ0n) is 9.16. The first-order valence-electron chi connectivity index (χ1n) is 4.45. The van der Waals surface area contributed by atoms with Gasteiger partial charge in [-0.25, -0.2) is 4.79 Å². The minimum atomic E-state index is -0.580. The van der Waals surface area contributed by atoms with Gasteiger partial charge in [0.15, 0.2) is 0 Å². The van der Waals surface area contributed by atoms with E-state index in [1.54, 1.807) is 13.8 Å². The highest BCUT2D eigenvalue weighted by Crippen LogP contribution is 1.94. The van der Waals surface area contributed by atoms with Crippen LogP contribution in [-0.4, -0.2) is 51.0 Å². The van der Waals surface area contributed by atoms with Crippen LogP contribution in [0.2, 0.25) is 0 Å². The summed E-state index contributed by atoms with van der Waals surface area (Å²) >= 11 is 0. The molecule has 0 heterocycles. The molecule has 0 atom stereocenters. The van der Waals surface area contributed by atoms with Crippen molar-refractivity contribution in [2.24, 2.45) is 0 Å². The van der Waals surface area contributed by atoms with Crippen molar-refractivity contribution in [1.29, 1.82) is 0 Å². The summed E-state index contributed by atoms with van der Waals surface area (Å²) < 4.78 is 10.4. The Balaban J connectivity index is 3.49. The molecule has 4 heteroatoms. The third-order valence-electron chi connectivity index (χ3n) is 1.31. The van der Waals surface area contributed by atoms with Crippen molar-refractivity contribution >= 4 is 6.16 Å². The minimum Gasteiger partial charge on any atom is -0.432 e. The predicted molar refractivity (Wildman–Crippen MR) is 50.5 cm³/mol. The first kappa shape index (κ1) is 12.2. The summed E-state index contributed by atoms with van der Waals surface area (Å²) in [6.45, 7) is 4.77. The molecule has 13 heavy (non-hydrogen) atoms. The van der Waals surface area contributed by atoms with Gasteiger partial charge in [-0.3, -0.25) is 0 Å². The SMILES string of the molecule is CC(C)OC(=O)OCC[N+](C)(C)C. The van der Waals surface area contributed by atoms with Crippen LogP contribution in [0.1, 0.15) is 13.8 Å². The summed E-state index contributed by atoms with van der Waals surface area (Å²) in [6.07, 6.45) is -0.694. The van der Waals surface area contributed by atoms with E-state index in [2.05, 4.69) is 0 Å². The Hall–Kier alpha value is -0.770. The summed E-state index contributed by atoms with van der Waals surface area (Å²) in [4.78, 5) is 10.9. The summed E-state index contributed by atoms with van der Waals surface area (Å²) in [5.74, 6) is 0. The van der Waals surface area contributed by atoms with Gasteiger partial charge < -0.3 is 14.0 Å². The number of rotatable bonds is 4. The van der Waals surface area contributed by atoms with Crippen LogP contribution in [0.25, 0.3) is 0 Å². The summed E-state index contributed by atoms with van der Waals surface area (Å²) in [7, 11) is 6.12. The molecule has 0 N–H and O–H groups in total. The average molecular weight is 190 g/mol. The normalized spacial score (nSPS) is 11.5. The van der Waals surface area contributed by atoms with E-state index in [1.807, 2.05) is 21.1 Å². The molecule has 0 fully saturated rings. The Kier molecular flexibility index (Phi) is 4.77. The third-order valence-corrected chi connectivity index (χ3v) is 1.31. The fourth-order valence-corrected chi connectivity index (χ4v) is 0.629. The van der Waals surface area contributed by atoms with Gasteiger partial charge in [0.2, 0.25) is 0 Å². The Morgan fingerprint density at radius 2 is 1.85 bits per heavy atom. The molecular weight excluding hydrogens is 170 g/mol. The van der Waals surface area contributed by atoms with E-state index >= 15 is 0 Å². The zero-order valence-corrected chi connectivity index (χ0v) is 9.16. The maximum absolute atomic E-state index is 10.9. The van der Waals surface area contributed by atoms with Crippen molar-refractivity contribution < 1.29 is 18.8 Å². The molecule has 0 aliphatic heterocycles. The molecule has 0 saturated carbocycles. The van der Waals surface area contributed by atoms with E-state index < -0.39 is 6.16 Å². The molecule has 0 bridgehead atoms. The van der Waals surface area contributed by atoms with Crippen molar-refractivity contribution in [2.75, 3.05) is 34.3 Å². The van der Waals surface area contributed by atoms with E-state index in [4.69, 9.17) is 9.47 Å². The topological polar surface area (TPSA) is 35.5 Å². The van der Waals surface area contributed by atoms with Gasteiger partial charge in [0.25, 0.3) is 0 Å². The van der Waals surface area contributed by atoms with E-state index in [1.165, 1.54) is 0 Å². The average Bonchev–Trinajstić information content (AvgIpc) is 1.81. The number of quaternary nitrogens is 1. The van der Waals surface area contributed by atoms with Gasteiger partial charge in [0, 0.05) is 0 Å². The van der Waals surface area contributed by atoms with Gasteiger partial charge >= 0.3 is 6.16 Å². The van der Waals surface area contributed by atoms with Crippen LogP contribution in [-0.2, 0) is 9.47 Å². The van der Waals surface area contributed by atoms with Gasteiger partial charge in [-0.15, -0.1) is 0 Å². The van der Waals surface area contributed by atoms with Gasteiger partial charge in [0.1, 0.15) is 13.2 Å². The molecule has 0 aliphatic rings. The molecule has 0 aromatic rings. The largest absolute Gasteiger partial charge is 0.508 e. The van der Waals surface area contributed by atoms with Gasteiger partial charge in [-0.2, -0.15) is 0 Å². The smallest absolute Gasteiger partial charge is 0.432 e. The highest BCUT2D eigenvalue weighted by molar-refractivity contribution is 5.59. The molecule has 0 aromatic carbocycles. The molecule has 0 radical (unpaired) electrons. The molecule has 0 saturated heterocycles. The van der Waals surface area contributed by atoms with E-state index in [-0.39, 0.29) is 6.10 Å². The van der Waals surface area contributed by atoms with Crippen LogP contribution in [0.4, 0.5) is 4.79 Å². The number of hydrogen-bond acceptors (Lipinski definition) is 3. The monoisotopic (exact) mass is 190 g/mol. The van der Waals surface area contributed by atoms with Crippen LogP contribution < -0.4 is 0 Å². The quantitative estimate of drug-likeness (QED) is 0.494. The van der Waals surface area contributed by atoms with Gasteiger partial charge in [0.05, 0.1) is 27.2 Å². The van der Waals surface area contributed by atoms with Crippen LogP contribution >= 0.6 is 0 Å². The molecule has 0 aromatic heterocycles. The minimum absolute atomic E-state index is 0.114. The standard InChI is InChI=1S/C9H20NO3/c1-8(2)13-9(11)12-7-6-10(3,4)5/h8H,6-7H2,1-5H3/q+1. The lowest BCUT2D eigenvalue weighted by Crippen LogP contribution is -2.38. The van der Waals surface area contributed by atoms with Gasteiger partial charge in [-0.1, -0.05) is 0 Å². The van der Waals surface area contributed by atoms with Crippen molar-refractivity contribution in [3.8, 4) is 0 Å². The summed E-state index contributed by atoms with van der Waals surface area (Å²) in [5.41, 5.74) is 0. The number of ether oxygens (including phenoxy) is 2. The zero-order chi connectivity index (χ0) is 10.5. The Bertz CT molecular complexity index is 161. The highest BCUT2D eigenvalue weighted by atomic mass is 16.7. The second-order valence-electron chi connectivity index (χ2n) is 4.28. The third kappa shape index (κ3) is 9.14. The molecule has 78 valence electrons. The molecule has 0 amide bonds. The van der Waals surface area contributed by atoms with E-state index in [0.717, 1.165) is 11.0 Å². The molecule has 0 spiro atoms. The fourth-order valence-electron chi connectivity index (χ4n) is 0.629. The molecule has 0 unspecified atom stereocenters. The first-order chi connectivity index (χ1) is 5.81. The van der Waals surface area contributed by atoms with Crippen LogP contribution in [0, 0.1) is 0 Å². The second-order valence-corrected chi connectivity index (χ2v) is 4.28. The second kappa shape index (κ2) is 5.07. The summed E-state index contributed by atoms with van der Waals surface area (Å²) in [6, 6.07) is 0. The van der Waals surface area contributed by atoms with Crippen LogP contribution in [0.3, 0.4) is 0 Å². The molecule has 4 nitrogen and oxygen atoms in total. The number of likely N-dealkylation sites (N-methyl/N-ethyl adjacent to an activating group) is 1. The Morgan fingerprint density at radius 3 is 2.23 bits per heavy atom.